The van der Waals surface area contributed by atoms with Gasteiger partial charge in [-0.1, -0.05) is 18.6 Å². The predicted octanol–water partition coefficient (Wildman–Crippen LogP) is 2.81. The molecule has 0 saturated carbocycles. The van der Waals surface area contributed by atoms with E-state index in [0.717, 1.165) is 13.0 Å². The fourth-order valence-corrected chi connectivity index (χ4v) is 3.71. The van der Waals surface area contributed by atoms with Crippen molar-refractivity contribution in [3.05, 3.63) is 30.1 Å². The van der Waals surface area contributed by atoms with Crippen LogP contribution in [0, 0.1) is 5.82 Å². The van der Waals surface area contributed by atoms with Crippen LogP contribution in [0.5, 0.6) is 0 Å². The van der Waals surface area contributed by atoms with E-state index in [-0.39, 0.29) is 5.82 Å². The van der Waals surface area contributed by atoms with Crippen molar-refractivity contribution in [2.75, 3.05) is 19.3 Å². The lowest BCUT2D eigenvalue weighted by molar-refractivity contribution is 0.182. The monoisotopic (exact) mass is 269 g/mol. The number of hydrogen-bond donors (Lipinski definition) is 0. The molecular weight excluding hydrogens is 249 g/mol. The Kier molecular flexibility index (Phi) is 4.89. The minimum absolute atomic E-state index is 0.343. The maximum Gasteiger partial charge on any atom is 0.139 e. The molecule has 0 aromatic heterocycles. The highest BCUT2D eigenvalue weighted by molar-refractivity contribution is 7.85. The summed E-state index contributed by atoms with van der Waals surface area (Å²) >= 11 is 0. The Bertz CT molecular complexity index is 424. The fourth-order valence-electron chi connectivity index (χ4n) is 2.49. The molecule has 2 unspecified atom stereocenters. The van der Waals surface area contributed by atoms with Gasteiger partial charge in [0.05, 0.1) is 15.7 Å². The molecule has 0 N–H and O–H groups in total. The summed E-state index contributed by atoms with van der Waals surface area (Å²) in [5.41, 5.74) is 0. The van der Waals surface area contributed by atoms with E-state index in [1.54, 1.807) is 18.2 Å². The zero-order valence-corrected chi connectivity index (χ0v) is 11.6. The number of benzene rings is 1. The van der Waals surface area contributed by atoms with E-state index in [1.807, 2.05) is 0 Å². The Morgan fingerprint density at radius 1 is 1.39 bits per heavy atom. The quantitative estimate of drug-likeness (QED) is 0.837. The Morgan fingerprint density at radius 2 is 2.17 bits per heavy atom. The van der Waals surface area contributed by atoms with Gasteiger partial charge in [-0.3, -0.25) is 4.21 Å². The fraction of sp³-hybridized carbons (Fsp3) is 0.571. The van der Waals surface area contributed by atoms with E-state index in [4.69, 9.17) is 0 Å². The average Bonchev–Trinajstić information content (AvgIpc) is 2.38. The van der Waals surface area contributed by atoms with Gasteiger partial charge in [-0.15, -0.1) is 0 Å². The van der Waals surface area contributed by atoms with Crippen LogP contribution in [0.1, 0.15) is 25.7 Å². The first-order chi connectivity index (χ1) is 8.68. The molecule has 1 fully saturated rings. The highest BCUT2D eigenvalue weighted by Gasteiger charge is 2.20. The van der Waals surface area contributed by atoms with Crippen LogP contribution in [-0.2, 0) is 10.8 Å². The van der Waals surface area contributed by atoms with Gasteiger partial charge in [0.1, 0.15) is 5.82 Å². The Hall–Kier alpha value is -0.740. The molecule has 1 aliphatic heterocycles. The van der Waals surface area contributed by atoms with Crippen LogP contribution in [0.15, 0.2) is 29.2 Å². The third-order valence-electron chi connectivity index (χ3n) is 3.64. The van der Waals surface area contributed by atoms with Gasteiger partial charge in [0.15, 0.2) is 0 Å². The molecule has 0 aliphatic carbocycles. The number of piperidine rings is 1. The minimum Gasteiger partial charge on any atom is -0.303 e. The van der Waals surface area contributed by atoms with E-state index >= 15 is 0 Å². The van der Waals surface area contributed by atoms with E-state index in [2.05, 4.69) is 11.9 Å². The van der Waals surface area contributed by atoms with Crippen molar-refractivity contribution >= 4 is 10.8 Å². The van der Waals surface area contributed by atoms with Gasteiger partial charge in [0.25, 0.3) is 0 Å². The largest absolute Gasteiger partial charge is 0.303 e. The van der Waals surface area contributed by atoms with Crippen molar-refractivity contribution in [1.29, 1.82) is 0 Å². The number of halogens is 1. The van der Waals surface area contributed by atoms with Crippen LogP contribution >= 0.6 is 0 Å². The Labute approximate surface area is 111 Å². The Morgan fingerprint density at radius 3 is 2.89 bits per heavy atom. The molecule has 0 bridgehead atoms. The predicted molar refractivity (Wildman–Crippen MR) is 72.6 cm³/mol. The molecule has 1 saturated heterocycles. The van der Waals surface area contributed by atoms with Crippen LogP contribution in [-0.4, -0.2) is 34.5 Å². The first kappa shape index (κ1) is 13.7. The summed E-state index contributed by atoms with van der Waals surface area (Å²) in [6, 6.07) is 6.87. The van der Waals surface area contributed by atoms with Crippen LogP contribution in [0.4, 0.5) is 4.39 Å². The second kappa shape index (κ2) is 6.43. The molecule has 18 heavy (non-hydrogen) atoms. The van der Waals surface area contributed by atoms with Gasteiger partial charge in [-0.25, -0.2) is 4.39 Å². The smallest absolute Gasteiger partial charge is 0.139 e. The highest BCUT2D eigenvalue weighted by atomic mass is 32.2. The summed E-state index contributed by atoms with van der Waals surface area (Å²) in [6.45, 7) is 1.12. The second-order valence-corrected chi connectivity index (χ2v) is 6.44. The van der Waals surface area contributed by atoms with Crippen LogP contribution in [0.25, 0.3) is 0 Å². The summed E-state index contributed by atoms with van der Waals surface area (Å²) in [7, 11) is 0.908. The van der Waals surface area contributed by atoms with Gasteiger partial charge in [0, 0.05) is 11.8 Å². The molecule has 0 amide bonds. The van der Waals surface area contributed by atoms with Crippen molar-refractivity contribution in [2.24, 2.45) is 0 Å². The molecule has 0 spiro atoms. The SMILES string of the molecule is CN1CCCCC1CCS(=O)c1ccccc1F. The molecule has 2 atom stereocenters. The molecule has 0 radical (unpaired) electrons. The van der Waals surface area contributed by atoms with Crippen molar-refractivity contribution in [1.82, 2.24) is 4.90 Å². The molecule has 1 aromatic carbocycles. The van der Waals surface area contributed by atoms with Crippen molar-refractivity contribution in [3.63, 3.8) is 0 Å². The van der Waals surface area contributed by atoms with Gasteiger partial charge in [0.2, 0.25) is 0 Å². The lowest BCUT2D eigenvalue weighted by atomic mass is 10.0. The van der Waals surface area contributed by atoms with Crippen LogP contribution in [0.2, 0.25) is 0 Å². The highest BCUT2D eigenvalue weighted by Crippen LogP contribution is 2.20. The number of rotatable bonds is 4. The van der Waals surface area contributed by atoms with E-state index in [9.17, 15) is 8.60 Å². The number of likely N-dealkylation sites (tertiary alicyclic amines) is 1. The third kappa shape index (κ3) is 3.39. The summed E-state index contributed by atoms with van der Waals surface area (Å²) in [4.78, 5) is 2.68. The topological polar surface area (TPSA) is 20.3 Å². The first-order valence-corrected chi connectivity index (χ1v) is 7.83. The van der Waals surface area contributed by atoms with E-state index in [0.29, 0.717) is 16.7 Å². The van der Waals surface area contributed by atoms with Crippen molar-refractivity contribution < 1.29 is 8.60 Å². The molecule has 4 heteroatoms. The lowest BCUT2D eigenvalue weighted by Crippen LogP contribution is -2.37. The average molecular weight is 269 g/mol. The van der Waals surface area contributed by atoms with Crippen LogP contribution < -0.4 is 0 Å². The number of nitrogens with zero attached hydrogens (tertiary/aromatic N) is 1. The zero-order chi connectivity index (χ0) is 13.0. The standard InChI is InChI=1S/C14H20FNOS/c1-16-10-5-4-6-12(16)9-11-18(17)14-8-3-2-7-13(14)15/h2-3,7-8,12H,4-6,9-11H2,1H3. The van der Waals surface area contributed by atoms with E-state index in [1.165, 1.54) is 25.3 Å². The van der Waals surface area contributed by atoms with Gasteiger partial charge >= 0.3 is 0 Å². The third-order valence-corrected chi connectivity index (χ3v) is 5.07. The molecule has 1 aliphatic rings. The van der Waals surface area contributed by atoms with Gasteiger partial charge < -0.3 is 4.90 Å². The maximum atomic E-state index is 13.5. The van der Waals surface area contributed by atoms with Gasteiger partial charge in [-0.05, 0) is 45.0 Å². The van der Waals surface area contributed by atoms with Gasteiger partial charge in [-0.2, -0.15) is 0 Å². The molecule has 100 valence electrons. The summed E-state index contributed by atoms with van der Waals surface area (Å²) in [5.74, 6) is 0.198. The van der Waals surface area contributed by atoms with Crippen LogP contribution in [0.3, 0.4) is 0 Å². The van der Waals surface area contributed by atoms with Crippen molar-refractivity contribution in [3.8, 4) is 0 Å². The van der Waals surface area contributed by atoms with Crippen molar-refractivity contribution in [2.45, 2.75) is 36.6 Å². The summed E-state index contributed by atoms with van der Waals surface area (Å²) in [5, 5.41) is 0. The molecule has 1 heterocycles. The second-order valence-electron chi connectivity index (χ2n) is 4.90. The molecule has 2 rings (SSSR count). The summed E-state index contributed by atoms with van der Waals surface area (Å²) < 4.78 is 25.5. The summed E-state index contributed by atoms with van der Waals surface area (Å²) in [6.07, 6.45) is 4.56. The maximum absolute atomic E-state index is 13.5. The molecule has 2 nitrogen and oxygen atoms in total. The minimum atomic E-state index is -1.21. The first-order valence-electron chi connectivity index (χ1n) is 6.51. The number of hydrogen-bond acceptors (Lipinski definition) is 2. The normalized spacial score (nSPS) is 22.9. The Balaban J connectivity index is 1.90. The lowest BCUT2D eigenvalue weighted by Gasteiger charge is -2.32. The van der Waals surface area contributed by atoms with E-state index < -0.39 is 10.8 Å². The molecule has 1 aromatic rings. The molecular formula is C14H20FNOS. The zero-order valence-electron chi connectivity index (χ0n) is 10.8.